The van der Waals surface area contributed by atoms with Crippen molar-refractivity contribution in [3.8, 4) is 11.3 Å². The zero-order valence-electron chi connectivity index (χ0n) is 12.9. The lowest BCUT2D eigenvalue weighted by atomic mass is 10.1. The van der Waals surface area contributed by atoms with Gasteiger partial charge in [-0.1, -0.05) is 30.3 Å². The van der Waals surface area contributed by atoms with Crippen LogP contribution in [0.4, 0.5) is 11.4 Å². The maximum atomic E-state index is 11.3. The van der Waals surface area contributed by atoms with E-state index in [1.54, 1.807) is 36.4 Å². The van der Waals surface area contributed by atoms with Crippen molar-refractivity contribution in [1.29, 1.82) is 5.41 Å². The molecule has 0 fully saturated rings. The predicted octanol–water partition coefficient (Wildman–Crippen LogP) is 2.90. The Hall–Kier alpha value is -3.81. The molecule has 0 unspecified atom stereocenters. The van der Waals surface area contributed by atoms with Crippen molar-refractivity contribution in [3.63, 3.8) is 0 Å². The topological polar surface area (TPSA) is 121 Å². The minimum Gasteiger partial charge on any atom is -0.325 e. The lowest BCUT2D eigenvalue weighted by Gasteiger charge is -2.12. The van der Waals surface area contributed by atoms with E-state index >= 15 is 0 Å². The number of nitrogens with one attached hydrogen (secondary N) is 3. The molecule has 8 heteroatoms. The minimum absolute atomic E-state index is 0.0580. The molecule has 0 aliphatic heterocycles. The third-order valence-corrected chi connectivity index (χ3v) is 3.56. The third-order valence-electron chi connectivity index (χ3n) is 3.56. The summed E-state index contributed by atoms with van der Waals surface area (Å²) in [5, 5.41) is 24.7. The Morgan fingerprint density at radius 1 is 1.16 bits per heavy atom. The number of para-hydroxylation sites is 2. The lowest BCUT2D eigenvalue weighted by molar-refractivity contribution is -0.384. The van der Waals surface area contributed by atoms with E-state index in [2.05, 4.69) is 15.6 Å². The summed E-state index contributed by atoms with van der Waals surface area (Å²) in [6.45, 7) is 0. The molecular weight excluding hydrogens is 322 g/mol. The molecule has 25 heavy (non-hydrogen) atoms. The number of hydrogen-bond donors (Lipinski definition) is 3. The number of anilines is 1. The molecule has 1 amide bonds. The molecule has 0 saturated carbocycles. The maximum Gasteiger partial charge on any atom is 0.278 e. The fourth-order valence-electron chi connectivity index (χ4n) is 2.50. The predicted molar refractivity (Wildman–Crippen MR) is 94.4 cm³/mol. The fourth-order valence-corrected chi connectivity index (χ4v) is 2.50. The fraction of sp³-hybridized carbons (Fsp3) is 0. The van der Waals surface area contributed by atoms with Crippen molar-refractivity contribution in [2.45, 2.75) is 0 Å². The summed E-state index contributed by atoms with van der Waals surface area (Å²) < 4.78 is 0. The molecule has 3 N–H and O–H groups in total. The van der Waals surface area contributed by atoms with Gasteiger partial charge in [-0.05, 0) is 18.2 Å². The van der Waals surface area contributed by atoms with Gasteiger partial charge in [0, 0.05) is 11.5 Å². The second-order valence-electron chi connectivity index (χ2n) is 5.11. The summed E-state index contributed by atoms with van der Waals surface area (Å²) in [6.07, 6.45) is 0.391. The number of carbonyl (C=O) groups is 1. The van der Waals surface area contributed by atoms with E-state index in [1.165, 1.54) is 6.07 Å². The first-order valence-electron chi connectivity index (χ1n) is 7.29. The SMILES string of the molecule is N=C(NC=O)Nc1cc(-c2ccccc2[N+](=O)[O-])nc2ccccc12. The summed E-state index contributed by atoms with van der Waals surface area (Å²) in [5.74, 6) is -0.208. The normalized spacial score (nSPS) is 10.2. The zero-order valence-corrected chi connectivity index (χ0v) is 12.9. The number of rotatable bonds is 4. The van der Waals surface area contributed by atoms with Gasteiger partial charge in [0.25, 0.3) is 5.69 Å². The van der Waals surface area contributed by atoms with Crippen LogP contribution in [0, 0.1) is 15.5 Å². The van der Waals surface area contributed by atoms with E-state index in [9.17, 15) is 14.9 Å². The first kappa shape index (κ1) is 16.1. The summed E-state index contributed by atoms with van der Waals surface area (Å²) in [7, 11) is 0. The molecule has 0 bridgehead atoms. The molecule has 2 aromatic carbocycles. The van der Waals surface area contributed by atoms with E-state index in [0.717, 1.165) is 5.39 Å². The van der Waals surface area contributed by atoms with Crippen LogP contribution in [0.15, 0.2) is 54.6 Å². The number of benzene rings is 2. The molecule has 8 nitrogen and oxygen atoms in total. The van der Waals surface area contributed by atoms with Crippen molar-refractivity contribution in [3.05, 3.63) is 64.7 Å². The third kappa shape index (κ3) is 3.27. The van der Waals surface area contributed by atoms with Crippen molar-refractivity contribution in [2.24, 2.45) is 0 Å². The highest BCUT2D eigenvalue weighted by Crippen LogP contribution is 2.33. The van der Waals surface area contributed by atoms with Gasteiger partial charge in [-0.25, -0.2) is 4.98 Å². The minimum atomic E-state index is -0.463. The molecule has 1 aromatic heterocycles. The van der Waals surface area contributed by atoms with Crippen molar-refractivity contribution >= 4 is 34.6 Å². The Labute approximate surface area is 142 Å². The van der Waals surface area contributed by atoms with Crippen LogP contribution in [0.25, 0.3) is 22.2 Å². The second-order valence-corrected chi connectivity index (χ2v) is 5.11. The van der Waals surface area contributed by atoms with Crippen LogP contribution in [-0.4, -0.2) is 22.3 Å². The Morgan fingerprint density at radius 2 is 1.88 bits per heavy atom. The molecule has 1 heterocycles. The van der Waals surface area contributed by atoms with Crippen molar-refractivity contribution in [2.75, 3.05) is 5.32 Å². The molecule has 0 atom stereocenters. The standard InChI is InChI=1S/C17H13N5O3/c18-17(19-10-23)21-14-9-15(20-13-7-3-1-5-11(13)14)12-6-2-4-8-16(12)22(24)25/h1-10H,(H3,18,19,20,21,23). The average Bonchev–Trinajstić information content (AvgIpc) is 2.61. The van der Waals surface area contributed by atoms with E-state index < -0.39 is 4.92 Å². The zero-order chi connectivity index (χ0) is 17.8. The lowest BCUT2D eigenvalue weighted by Crippen LogP contribution is -2.28. The number of nitro benzene ring substituents is 1. The molecule has 0 aliphatic rings. The molecule has 124 valence electrons. The Balaban J connectivity index is 2.19. The Bertz CT molecular complexity index is 987. The molecule has 0 saturated heterocycles. The Kier molecular flexibility index (Phi) is 4.34. The Morgan fingerprint density at radius 3 is 2.64 bits per heavy atom. The van der Waals surface area contributed by atoms with Gasteiger partial charge in [-0.2, -0.15) is 0 Å². The average molecular weight is 335 g/mol. The van der Waals surface area contributed by atoms with Gasteiger partial charge in [0.05, 0.1) is 27.4 Å². The number of guanidine groups is 1. The van der Waals surface area contributed by atoms with Crippen LogP contribution < -0.4 is 10.6 Å². The van der Waals surface area contributed by atoms with Gasteiger partial charge in [0.15, 0.2) is 5.96 Å². The molecule has 3 rings (SSSR count). The summed E-state index contributed by atoms with van der Waals surface area (Å²) in [6, 6.07) is 15.1. The van der Waals surface area contributed by atoms with Crippen molar-refractivity contribution in [1.82, 2.24) is 10.3 Å². The molecule has 0 radical (unpaired) electrons. The van der Waals surface area contributed by atoms with Gasteiger partial charge < -0.3 is 5.32 Å². The monoisotopic (exact) mass is 335 g/mol. The number of fused-ring (bicyclic) bond motifs is 1. The largest absolute Gasteiger partial charge is 0.325 e. The van der Waals surface area contributed by atoms with E-state index in [-0.39, 0.29) is 11.6 Å². The van der Waals surface area contributed by atoms with E-state index in [1.807, 2.05) is 12.1 Å². The number of pyridine rings is 1. The highest BCUT2D eigenvalue weighted by molar-refractivity contribution is 6.04. The van der Waals surface area contributed by atoms with Crippen LogP contribution in [0.5, 0.6) is 0 Å². The van der Waals surface area contributed by atoms with E-state index in [0.29, 0.717) is 28.9 Å². The quantitative estimate of drug-likeness (QED) is 0.222. The summed E-state index contributed by atoms with van der Waals surface area (Å²) in [4.78, 5) is 25.8. The van der Waals surface area contributed by atoms with E-state index in [4.69, 9.17) is 5.41 Å². The van der Waals surface area contributed by atoms with Crippen LogP contribution in [0.1, 0.15) is 0 Å². The highest BCUT2D eigenvalue weighted by Gasteiger charge is 2.17. The van der Waals surface area contributed by atoms with Crippen LogP contribution in [0.2, 0.25) is 0 Å². The smallest absolute Gasteiger partial charge is 0.278 e. The first-order chi connectivity index (χ1) is 12.1. The molecule has 0 spiro atoms. The number of carbonyl (C=O) groups excluding carboxylic acids is 1. The number of nitro groups is 1. The van der Waals surface area contributed by atoms with Crippen LogP contribution >= 0.6 is 0 Å². The van der Waals surface area contributed by atoms with Gasteiger partial charge in [0.2, 0.25) is 6.41 Å². The molecular formula is C17H13N5O3. The highest BCUT2D eigenvalue weighted by atomic mass is 16.6. The number of nitrogens with zero attached hydrogens (tertiary/aromatic N) is 2. The number of amides is 1. The van der Waals surface area contributed by atoms with Crippen molar-refractivity contribution < 1.29 is 9.72 Å². The number of aromatic nitrogens is 1. The molecule has 3 aromatic rings. The van der Waals surface area contributed by atoms with Gasteiger partial charge in [-0.3, -0.25) is 25.6 Å². The van der Waals surface area contributed by atoms with Gasteiger partial charge in [0.1, 0.15) is 0 Å². The van der Waals surface area contributed by atoms with Crippen LogP contribution in [0.3, 0.4) is 0 Å². The first-order valence-corrected chi connectivity index (χ1v) is 7.29. The maximum absolute atomic E-state index is 11.3. The molecule has 0 aliphatic carbocycles. The van der Waals surface area contributed by atoms with Crippen LogP contribution in [-0.2, 0) is 4.79 Å². The summed E-state index contributed by atoms with van der Waals surface area (Å²) in [5.41, 5.74) is 1.83. The van der Waals surface area contributed by atoms with Gasteiger partial charge >= 0.3 is 0 Å². The second kappa shape index (κ2) is 6.75. The summed E-state index contributed by atoms with van der Waals surface area (Å²) >= 11 is 0. The number of hydrogen-bond acceptors (Lipinski definition) is 5. The van der Waals surface area contributed by atoms with Gasteiger partial charge in [-0.15, -0.1) is 0 Å².